The number of nitrogens with zero attached hydrogens (tertiary/aromatic N) is 1. The first-order chi connectivity index (χ1) is 9.04. The third-order valence-corrected chi connectivity index (χ3v) is 3.89. The van der Waals surface area contributed by atoms with Crippen molar-refractivity contribution in [3.05, 3.63) is 29.8 Å². The van der Waals surface area contributed by atoms with Gasteiger partial charge in [-0.15, -0.1) is 0 Å². The second-order valence-electron chi connectivity index (χ2n) is 5.69. The Morgan fingerprint density at radius 3 is 2.74 bits per heavy atom. The summed E-state index contributed by atoms with van der Waals surface area (Å²) in [6.45, 7) is 8.43. The van der Waals surface area contributed by atoms with Crippen molar-refractivity contribution >= 4 is 5.78 Å². The molecule has 0 aromatic heterocycles. The number of Topliss-reactive ketones (excluding diaryl/α,β-unsaturated/α-hetero) is 1. The highest BCUT2D eigenvalue weighted by atomic mass is 16.5. The monoisotopic (exact) mass is 261 g/mol. The van der Waals surface area contributed by atoms with Gasteiger partial charge in [0.1, 0.15) is 5.75 Å². The average Bonchev–Trinajstić information content (AvgIpc) is 2.70. The van der Waals surface area contributed by atoms with E-state index in [0.717, 1.165) is 13.0 Å². The zero-order valence-electron chi connectivity index (χ0n) is 12.1. The Bertz CT molecular complexity index is 454. The molecule has 1 aromatic carbocycles. The van der Waals surface area contributed by atoms with Crippen LogP contribution in [0.3, 0.4) is 0 Å². The normalized spacial score (nSPS) is 18.5. The zero-order chi connectivity index (χ0) is 13.9. The number of benzene rings is 1. The summed E-state index contributed by atoms with van der Waals surface area (Å²) in [5, 5.41) is 0. The minimum absolute atomic E-state index is 0.135. The van der Waals surface area contributed by atoms with Crippen LogP contribution >= 0.6 is 0 Å². The Morgan fingerprint density at radius 2 is 2.11 bits per heavy atom. The van der Waals surface area contributed by atoms with Crippen molar-refractivity contribution in [2.75, 3.05) is 19.7 Å². The molecule has 3 heteroatoms. The number of likely N-dealkylation sites (tertiary alicyclic amines) is 1. The molecular formula is C16H23NO2. The van der Waals surface area contributed by atoms with Crippen LogP contribution in [0.25, 0.3) is 0 Å². The van der Waals surface area contributed by atoms with Gasteiger partial charge in [-0.1, -0.05) is 12.1 Å². The van der Waals surface area contributed by atoms with Gasteiger partial charge in [0.25, 0.3) is 0 Å². The maximum Gasteiger partial charge on any atom is 0.180 e. The molecule has 0 bridgehead atoms. The first-order valence-corrected chi connectivity index (χ1v) is 7.04. The van der Waals surface area contributed by atoms with E-state index in [0.29, 0.717) is 24.5 Å². The van der Waals surface area contributed by atoms with Gasteiger partial charge < -0.3 is 4.74 Å². The van der Waals surface area contributed by atoms with Gasteiger partial charge in [-0.25, -0.2) is 0 Å². The molecule has 0 saturated carbocycles. The third kappa shape index (κ3) is 3.16. The Hall–Kier alpha value is -1.35. The molecule has 0 spiro atoms. The van der Waals surface area contributed by atoms with E-state index in [9.17, 15) is 4.79 Å². The van der Waals surface area contributed by atoms with Crippen LogP contribution in [0.1, 0.15) is 44.0 Å². The summed E-state index contributed by atoms with van der Waals surface area (Å²) >= 11 is 0. The molecule has 0 amide bonds. The van der Waals surface area contributed by atoms with Crippen molar-refractivity contribution in [3.8, 4) is 5.75 Å². The van der Waals surface area contributed by atoms with Gasteiger partial charge in [-0.05, 0) is 52.3 Å². The number of carbonyl (C=O) groups excluding carboxylic acids is 1. The van der Waals surface area contributed by atoms with Crippen LogP contribution < -0.4 is 4.74 Å². The van der Waals surface area contributed by atoms with E-state index in [1.165, 1.54) is 6.42 Å². The SMILES string of the molecule is CCOc1ccccc1C(=O)CN1CCCC1(C)C. The molecule has 1 heterocycles. The second kappa shape index (κ2) is 5.74. The van der Waals surface area contributed by atoms with Gasteiger partial charge in [0, 0.05) is 5.54 Å². The lowest BCUT2D eigenvalue weighted by Gasteiger charge is -2.30. The van der Waals surface area contributed by atoms with Crippen LogP contribution in [-0.4, -0.2) is 35.9 Å². The topological polar surface area (TPSA) is 29.5 Å². The van der Waals surface area contributed by atoms with E-state index in [1.807, 2.05) is 31.2 Å². The fourth-order valence-corrected chi connectivity index (χ4v) is 2.69. The van der Waals surface area contributed by atoms with Gasteiger partial charge in [-0.2, -0.15) is 0 Å². The van der Waals surface area contributed by atoms with Crippen LogP contribution in [0.15, 0.2) is 24.3 Å². The standard InChI is InChI=1S/C16H23NO2/c1-4-19-15-9-6-5-8-13(15)14(18)12-17-11-7-10-16(17,2)3/h5-6,8-9H,4,7,10-12H2,1-3H3. The first-order valence-electron chi connectivity index (χ1n) is 7.04. The largest absolute Gasteiger partial charge is 0.493 e. The van der Waals surface area contributed by atoms with Crippen molar-refractivity contribution in [3.63, 3.8) is 0 Å². The van der Waals surface area contributed by atoms with Gasteiger partial charge in [0.2, 0.25) is 0 Å². The molecule has 1 aliphatic rings. The van der Waals surface area contributed by atoms with Crippen LogP contribution in [0.5, 0.6) is 5.75 Å². The lowest BCUT2D eigenvalue weighted by atomic mass is 10.0. The number of ketones is 1. The lowest BCUT2D eigenvalue weighted by Crippen LogP contribution is -2.41. The molecule has 0 aliphatic carbocycles. The number of ether oxygens (including phenoxy) is 1. The maximum atomic E-state index is 12.5. The Kier molecular flexibility index (Phi) is 4.25. The molecule has 2 rings (SSSR count). The predicted octanol–water partition coefficient (Wildman–Crippen LogP) is 3.14. The number of rotatable bonds is 5. The molecule has 0 radical (unpaired) electrons. The highest BCUT2D eigenvalue weighted by Gasteiger charge is 2.33. The van der Waals surface area contributed by atoms with Crippen LogP contribution in [0, 0.1) is 0 Å². The molecule has 0 unspecified atom stereocenters. The van der Waals surface area contributed by atoms with E-state index >= 15 is 0 Å². The number of hydrogen-bond acceptors (Lipinski definition) is 3. The summed E-state index contributed by atoms with van der Waals surface area (Å²) in [5.41, 5.74) is 0.836. The number of hydrogen-bond donors (Lipinski definition) is 0. The highest BCUT2D eigenvalue weighted by Crippen LogP contribution is 2.29. The molecule has 1 fully saturated rings. The summed E-state index contributed by atoms with van der Waals surface area (Å²) in [5.74, 6) is 0.853. The summed E-state index contributed by atoms with van der Waals surface area (Å²) in [6.07, 6.45) is 2.33. The Labute approximate surface area is 115 Å². The van der Waals surface area contributed by atoms with Gasteiger partial charge in [0.05, 0.1) is 18.7 Å². The van der Waals surface area contributed by atoms with Crippen LogP contribution in [0.2, 0.25) is 0 Å². The molecule has 19 heavy (non-hydrogen) atoms. The molecule has 104 valence electrons. The van der Waals surface area contributed by atoms with Crippen molar-refractivity contribution < 1.29 is 9.53 Å². The number of carbonyl (C=O) groups is 1. The Morgan fingerprint density at radius 1 is 1.37 bits per heavy atom. The van der Waals surface area contributed by atoms with E-state index in [1.54, 1.807) is 0 Å². The van der Waals surface area contributed by atoms with Crippen LogP contribution in [0.4, 0.5) is 0 Å². The minimum Gasteiger partial charge on any atom is -0.493 e. The molecular weight excluding hydrogens is 238 g/mol. The van der Waals surface area contributed by atoms with Gasteiger partial charge in [0.15, 0.2) is 5.78 Å². The molecule has 1 saturated heterocycles. The quantitative estimate of drug-likeness (QED) is 0.763. The molecule has 0 atom stereocenters. The van der Waals surface area contributed by atoms with Gasteiger partial charge in [-0.3, -0.25) is 9.69 Å². The van der Waals surface area contributed by atoms with Gasteiger partial charge >= 0.3 is 0 Å². The van der Waals surface area contributed by atoms with Crippen molar-refractivity contribution in [1.29, 1.82) is 0 Å². The Balaban J connectivity index is 2.12. The summed E-state index contributed by atoms with van der Waals surface area (Å²) in [6, 6.07) is 7.52. The fourth-order valence-electron chi connectivity index (χ4n) is 2.69. The summed E-state index contributed by atoms with van der Waals surface area (Å²) < 4.78 is 5.54. The molecule has 1 aromatic rings. The summed E-state index contributed by atoms with van der Waals surface area (Å²) in [7, 11) is 0. The second-order valence-corrected chi connectivity index (χ2v) is 5.69. The van der Waals surface area contributed by atoms with E-state index in [4.69, 9.17) is 4.74 Å². The average molecular weight is 261 g/mol. The smallest absolute Gasteiger partial charge is 0.180 e. The predicted molar refractivity (Wildman–Crippen MR) is 76.8 cm³/mol. The third-order valence-electron chi connectivity index (χ3n) is 3.89. The molecule has 0 N–H and O–H groups in total. The fraction of sp³-hybridized carbons (Fsp3) is 0.562. The van der Waals surface area contributed by atoms with E-state index in [2.05, 4.69) is 18.7 Å². The molecule has 3 nitrogen and oxygen atoms in total. The maximum absolute atomic E-state index is 12.5. The van der Waals surface area contributed by atoms with Crippen molar-refractivity contribution in [2.45, 2.75) is 39.2 Å². The summed E-state index contributed by atoms with van der Waals surface area (Å²) in [4.78, 5) is 14.7. The first kappa shape index (κ1) is 14.1. The molecule has 1 aliphatic heterocycles. The number of para-hydroxylation sites is 1. The van der Waals surface area contributed by atoms with Crippen molar-refractivity contribution in [1.82, 2.24) is 4.90 Å². The van der Waals surface area contributed by atoms with Crippen LogP contribution in [-0.2, 0) is 0 Å². The highest BCUT2D eigenvalue weighted by molar-refractivity contribution is 6.00. The van der Waals surface area contributed by atoms with E-state index in [-0.39, 0.29) is 11.3 Å². The van der Waals surface area contributed by atoms with Crippen molar-refractivity contribution in [2.24, 2.45) is 0 Å². The minimum atomic E-state index is 0.135. The van der Waals surface area contributed by atoms with E-state index < -0.39 is 0 Å². The lowest BCUT2D eigenvalue weighted by molar-refractivity contribution is 0.0868. The zero-order valence-corrected chi connectivity index (χ0v) is 12.1.